The number of carbonyl (C=O) groups excluding carboxylic acids is 2. The zero-order chi connectivity index (χ0) is 22.8. The lowest BCUT2D eigenvalue weighted by Crippen LogP contribution is -2.41. The van der Waals surface area contributed by atoms with E-state index in [0.717, 1.165) is 6.07 Å². The maximum absolute atomic E-state index is 12.5. The number of fused-ring (bicyclic) bond motifs is 1. The van der Waals surface area contributed by atoms with Crippen LogP contribution >= 0.6 is 11.6 Å². The van der Waals surface area contributed by atoms with Crippen LogP contribution < -0.4 is 10.1 Å². The predicted octanol–water partition coefficient (Wildman–Crippen LogP) is 2.31. The summed E-state index contributed by atoms with van der Waals surface area (Å²) < 4.78 is 61.1. The molecule has 2 aliphatic heterocycles. The van der Waals surface area contributed by atoms with E-state index < -0.39 is 34.6 Å². The smallest absolute Gasteiger partial charge is 0.387 e. The minimum absolute atomic E-state index is 0.0761. The van der Waals surface area contributed by atoms with Crippen molar-refractivity contribution in [2.45, 2.75) is 19.6 Å². The third kappa shape index (κ3) is 5.58. The van der Waals surface area contributed by atoms with Gasteiger partial charge in [-0.15, -0.1) is 4.40 Å². The number of benzene rings is 1. The van der Waals surface area contributed by atoms with Gasteiger partial charge in [-0.05, 0) is 37.3 Å². The Labute approximate surface area is 181 Å². The van der Waals surface area contributed by atoms with Crippen molar-refractivity contribution in [2.24, 2.45) is 4.40 Å². The number of sulfonamides is 1. The number of hydrogen-bond acceptors (Lipinski definition) is 7. The van der Waals surface area contributed by atoms with Gasteiger partial charge in [-0.25, -0.2) is 13.2 Å². The summed E-state index contributed by atoms with van der Waals surface area (Å²) in [7, 11) is -3.71. The van der Waals surface area contributed by atoms with Crippen molar-refractivity contribution < 1.29 is 36.3 Å². The lowest BCUT2D eigenvalue weighted by Gasteiger charge is -2.28. The van der Waals surface area contributed by atoms with Crippen LogP contribution in [0.15, 0.2) is 46.5 Å². The number of alkyl halides is 2. The van der Waals surface area contributed by atoms with Crippen LogP contribution in [-0.2, 0) is 24.3 Å². The SMILES string of the molecule is C[C@@H](OC(=O)C1=CC=CN2CCS(=O)(=O)N=C12)C(=O)Nc1ccc(OC(F)F)c(Cl)c1. The third-order valence-electron chi connectivity index (χ3n) is 4.15. The lowest BCUT2D eigenvalue weighted by molar-refractivity contribution is -0.148. The van der Waals surface area contributed by atoms with Crippen molar-refractivity contribution in [2.75, 3.05) is 17.6 Å². The first-order valence-corrected chi connectivity index (χ1v) is 10.8. The third-order valence-corrected chi connectivity index (χ3v) is 5.59. The Hall–Kier alpha value is -2.99. The highest BCUT2D eigenvalue weighted by atomic mass is 35.5. The molecule has 1 aromatic rings. The van der Waals surface area contributed by atoms with Gasteiger partial charge in [0.15, 0.2) is 11.9 Å². The van der Waals surface area contributed by atoms with E-state index in [9.17, 15) is 26.8 Å². The van der Waals surface area contributed by atoms with Gasteiger partial charge < -0.3 is 19.7 Å². The first-order chi connectivity index (χ1) is 14.6. The Kier molecular flexibility index (Phi) is 6.60. The standard InChI is InChI=1S/C18H16ClF2N3O6S/c1-10(16(25)22-11-4-5-14(13(19)9-11)30-18(20)21)29-17(26)12-3-2-6-24-7-8-31(27,28)23-15(12)24/h2-6,9-10,18H,7-8H2,1H3,(H,22,25)/t10-/m1/s1. The second kappa shape index (κ2) is 9.02. The normalized spacial score (nSPS) is 17.9. The Morgan fingerprint density at radius 1 is 1.32 bits per heavy atom. The zero-order valence-electron chi connectivity index (χ0n) is 15.9. The van der Waals surface area contributed by atoms with Crippen molar-refractivity contribution in [3.63, 3.8) is 0 Å². The van der Waals surface area contributed by atoms with E-state index in [1.165, 1.54) is 36.1 Å². The van der Waals surface area contributed by atoms with E-state index in [2.05, 4.69) is 14.5 Å². The molecule has 9 nitrogen and oxygen atoms in total. The number of halogens is 3. The van der Waals surface area contributed by atoms with Crippen LogP contribution in [0.2, 0.25) is 5.02 Å². The van der Waals surface area contributed by atoms with Crippen LogP contribution in [0.4, 0.5) is 14.5 Å². The molecule has 1 amide bonds. The first kappa shape index (κ1) is 22.7. The minimum Gasteiger partial charge on any atom is -0.449 e. The number of rotatable bonds is 6. The topological polar surface area (TPSA) is 114 Å². The van der Waals surface area contributed by atoms with E-state index in [0.29, 0.717) is 0 Å². The van der Waals surface area contributed by atoms with Crippen LogP contribution in [0.3, 0.4) is 0 Å². The highest BCUT2D eigenvalue weighted by molar-refractivity contribution is 7.90. The Bertz CT molecular complexity index is 1100. The van der Waals surface area contributed by atoms with Gasteiger partial charge in [-0.1, -0.05) is 11.6 Å². The van der Waals surface area contributed by atoms with Gasteiger partial charge >= 0.3 is 12.6 Å². The summed E-state index contributed by atoms with van der Waals surface area (Å²) in [5.41, 5.74) is 0.0511. The van der Waals surface area contributed by atoms with Crippen molar-refractivity contribution in [1.82, 2.24) is 4.90 Å². The molecule has 2 heterocycles. The number of nitrogens with zero attached hydrogens (tertiary/aromatic N) is 2. The number of anilines is 1. The van der Waals surface area contributed by atoms with Gasteiger partial charge in [0.25, 0.3) is 15.9 Å². The number of hydrogen-bond donors (Lipinski definition) is 1. The van der Waals surface area contributed by atoms with Gasteiger partial charge in [0.2, 0.25) is 0 Å². The molecule has 0 radical (unpaired) electrons. The molecule has 0 bridgehead atoms. The second-order valence-electron chi connectivity index (χ2n) is 6.38. The quantitative estimate of drug-likeness (QED) is 0.628. The van der Waals surface area contributed by atoms with Crippen LogP contribution in [0.1, 0.15) is 6.92 Å². The molecule has 0 spiro atoms. The highest BCUT2D eigenvalue weighted by Gasteiger charge is 2.32. The molecular formula is C18H16ClF2N3O6S. The molecule has 0 aromatic heterocycles. The van der Waals surface area contributed by atoms with Gasteiger partial charge in [0, 0.05) is 18.4 Å². The molecule has 0 aliphatic carbocycles. The number of ether oxygens (including phenoxy) is 2. The average molecular weight is 476 g/mol. The van der Waals surface area contributed by atoms with E-state index in [4.69, 9.17) is 16.3 Å². The summed E-state index contributed by atoms with van der Waals surface area (Å²) >= 11 is 5.83. The van der Waals surface area contributed by atoms with Gasteiger partial charge in [-0.3, -0.25) is 4.79 Å². The summed E-state index contributed by atoms with van der Waals surface area (Å²) in [6.45, 7) is -1.62. The maximum Gasteiger partial charge on any atom is 0.387 e. The second-order valence-corrected chi connectivity index (χ2v) is 8.54. The number of amides is 1. The number of allylic oxidation sites excluding steroid dienone is 2. The minimum atomic E-state index is -3.71. The van der Waals surface area contributed by atoms with Crippen molar-refractivity contribution >= 4 is 45.0 Å². The largest absolute Gasteiger partial charge is 0.449 e. The molecule has 0 fully saturated rings. The monoisotopic (exact) mass is 475 g/mol. The molecule has 166 valence electrons. The molecular weight excluding hydrogens is 460 g/mol. The van der Waals surface area contributed by atoms with Crippen molar-refractivity contribution in [1.29, 1.82) is 0 Å². The molecule has 2 aliphatic rings. The van der Waals surface area contributed by atoms with Gasteiger partial charge in [0.1, 0.15) is 11.3 Å². The van der Waals surface area contributed by atoms with Crippen LogP contribution in [0.5, 0.6) is 5.75 Å². The number of nitrogens with one attached hydrogen (secondary N) is 1. The van der Waals surface area contributed by atoms with E-state index >= 15 is 0 Å². The number of esters is 1. The van der Waals surface area contributed by atoms with Crippen LogP contribution in [0.25, 0.3) is 0 Å². The number of carbonyl (C=O) groups is 2. The van der Waals surface area contributed by atoms with Crippen molar-refractivity contribution in [3.05, 3.63) is 47.1 Å². The predicted molar refractivity (Wildman–Crippen MR) is 107 cm³/mol. The number of amidine groups is 1. The Morgan fingerprint density at radius 2 is 2.06 bits per heavy atom. The molecule has 1 aromatic carbocycles. The molecule has 13 heteroatoms. The molecule has 0 unspecified atom stereocenters. The van der Waals surface area contributed by atoms with E-state index in [1.807, 2.05) is 0 Å². The van der Waals surface area contributed by atoms with Gasteiger partial charge in [-0.2, -0.15) is 8.78 Å². The Balaban J connectivity index is 1.66. The fourth-order valence-electron chi connectivity index (χ4n) is 2.67. The summed E-state index contributed by atoms with van der Waals surface area (Å²) in [5, 5.41) is 2.27. The van der Waals surface area contributed by atoms with E-state index in [-0.39, 0.29) is 40.2 Å². The fourth-order valence-corrected chi connectivity index (χ4v) is 3.88. The van der Waals surface area contributed by atoms with Crippen LogP contribution in [0, 0.1) is 0 Å². The molecule has 0 saturated heterocycles. The highest BCUT2D eigenvalue weighted by Crippen LogP contribution is 2.29. The van der Waals surface area contributed by atoms with Crippen molar-refractivity contribution in [3.8, 4) is 5.75 Å². The first-order valence-electron chi connectivity index (χ1n) is 8.80. The summed E-state index contributed by atoms with van der Waals surface area (Å²) in [6, 6.07) is 3.62. The summed E-state index contributed by atoms with van der Waals surface area (Å²) in [6.07, 6.45) is 3.17. The fraction of sp³-hybridized carbons (Fsp3) is 0.278. The molecule has 3 rings (SSSR count). The zero-order valence-corrected chi connectivity index (χ0v) is 17.5. The Morgan fingerprint density at radius 3 is 2.74 bits per heavy atom. The molecule has 0 saturated carbocycles. The van der Waals surface area contributed by atoms with Gasteiger partial charge in [0.05, 0.1) is 10.8 Å². The van der Waals surface area contributed by atoms with E-state index in [1.54, 1.807) is 6.20 Å². The summed E-state index contributed by atoms with van der Waals surface area (Å²) in [4.78, 5) is 26.3. The average Bonchev–Trinajstić information content (AvgIpc) is 2.68. The molecule has 1 atom stereocenters. The maximum atomic E-state index is 12.5. The molecule has 31 heavy (non-hydrogen) atoms. The van der Waals surface area contributed by atoms with Crippen LogP contribution in [-0.4, -0.2) is 56.0 Å². The molecule has 1 N–H and O–H groups in total. The lowest BCUT2D eigenvalue weighted by atomic mass is 10.1. The summed E-state index contributed by atoms with van der Waals surface area (Å²) in [5.74, 6) is -2.20.